The summed E-state index contributed by atoms with van der Waals surface area (Å²) in [4.78, 5) is 14.5. The lowest BCUT2D eigenvalue weighted by Crippen LogP contribution is -2.41. The molecule has 0 radical (unpaired) electrons. The van der Waals surface area contributed by atoms with E-state index in [0.717, 1.165) is 36.9 Å². The van der Waals surface area contributed by atoms with Crippen molar-refractivity contribution < 1.29 is 13.9 Å². The first-order valence-corrected chi connectivity index (χ1v) is 14.4. The Hall–Kier alpha value is -2.87. The Morgan fingerprint density at radius 1 is 0.947 bits per heavy atom. The van der Waals surface area contributed by atoms with Crippen LogP contribution in [-0.4, -0.2) is 34.3 Å². The highest BCUT2D eigenvalue weighted by Crippen LogP contribution is 2.41. The molecule has 6 heteroatoms. The topological polar surface area (TPSA) is 34.5 Å². The molecule has 0 N–H and O–H groups in total. The molecule has 0 unspecified atom stereocenters. The number of piperidine rings is 1. The smallest absolute Gasteiger partial charge is 0.410 e. The van der Waals surface area contributed by atoms with Crippen molar-refractivity contribution in [3.63, 3.8) is 0 Å². The molecule has 1 aromatic heterocycles. The van der Waals surface area contributed by atoms with Crippen LogP contribution in [0.5, 0.6) is 0 Å². The lowest BCUT2D eigenvalue weighted by Gasteiger charge is -2.34. The lowest BCUT2D eigenvalue weighted by atomic mass is 9.93. The molecule has 3 aromatic carbocycles. The number of hydrogen-bond acceptors (Lipinski definition) is 2. The third-order valence-electron chi connectivity index (χ3n) is 7.20. The normalized spacial score (nSPS) is 14.7. The summed E-state index contributed by atoms with van der Waals surface area (Å²) < 4.78 is 23.1. The van der Waals surface area contributed by atoms with Gasteiger partial charge in [0.2, 0.25) is 0 Å². The highest BCUT2D eigenvalue weighted by molar-refractivity contribution is 14.1. The monoisotopic (exact) mass is 624 g/mol. The Morgan fingerprint density at radius 3 is 2.29 bits per heavy atom. The van der Waals surface area contributed by atoms with Crippen LogP contribution in [0.2, 0.25) is 0 Å². The number of rotatable bonds is 5. The van der Waals surface area contributed by atoms with Crippen molar-refractivity contribution in [2.75, 3.05) is 13.1 Å². The molecular weight excluding hydrogens is 590 g/mol. The van der Waals surface area contributed by atoms with E-state index in [9.17, 15) is 9.18 Å². The fourth-order valence-corrected chi connectivity index (χ4v) is 6.71. The Kier molecular flexibility index (Phi) is 7.80. The summed E-state index contributed by atoms with van der Waals surface area (Å²) in [5.74, 6) is 0.0377. The van der Waals surface area contributed by atoms with Crippen LogP contribution in [0.15, 0.2) is 72.8 Å². The van der Waals surface area contributed by atoms with E-state index in [1.165, 1.54) is 37.9 Å². The predicted octanol–water partition coefficient (Wildman–Crippen LogP) is 8.27. The highest BCUT2D eigenvalue weighted by atomic mass is 127. The van der Waals surface area contributed by atoms with Crippen molar-refractivity contribution in [2.24, 2.45) is 0 Å². The third-order valence-corrected chi connectivity index (χ3v) is 8.29. The van der Waals surface area contributed by atoms with E-state index in [4.69, 9.17) is 4.74 Å². The molecule has 1 aliphatic heterocycles. The summed E-state index contributed by atoms with van der Waals surface area (Å²) in [5.41, 5.74) is 5.51. The van der Waals surface area contributed by atoms with Crippen LogP contribution in [0.25, 0.3) is 16.6 Å². The highest BCUT2D eigenvalue weighted by Gasteiger charge is 2.31. The zero-order valence-electron chi connectivity index (χ0n) is 22.2. The maximum absolute atomic E-state index is 13.9. The summed E-state index contributed by atoms with van der Waals surface area (Å²) in [6, 6.07) is 23.9. The SMILES string of the molecule is CC(C)(C)OC(=O)N1CCC(c2c(I)c3c(CCc4ccccc4)cccc3n2-c2ccc(F)cc2)CC1. The van der Waals surface area contributed by atoms with E-state index in [1.807, 2.05) is 37.8 Å². The zero-order valence-corrected chi connectivity index (χ0v) is 24.4. The maximum atomic E-state index is 13.9. The van der Waals surface area contributed by atoms with Gasteiger partial charge in [-0.25, -0.2) is 9.18 Å². The molecule has 5 rings (SSSR count). The molecule has 0 saturated carbocycles. The standard InChI is InChI=1S/C32H34FIN2O2/c1-32(2,3)38-31(37)35-20-18-24(19-21-35)30-29(34)28-23(13-12-22-8-5-4-6-9-22)10-7-11-27(28)36(30)26-16-14-25(33)15-17-26/h4-11,14-17,24H,12-13,18-21H2,1-3H3. The van der Waals surface area contributed by atoms with Gasteiger partial charge in [0, 0.05) is 39.3 Å². The second kappa shape index (κ2) is 11.1. The van der Waals surface area contributed by atoms with Crippen molar-refractivity contribution in [1.82, 2.24) is 9.47 Å². The fraction of sp³-hybridized carbons (Fsp3) is 0.344. The van der Waals surface area contributed by atoms with Gasteiger partial charge in [0.25, 0.3) is 0 Å². The van der Waals surface area contributed by atoms with Crippen LogP contribution in [-0.2, 0) is 17.6 Å². The van der Waals surface area contributed by atoms with Gasteiger partial charge >= 0.3 is 6.09 Å². The molecule has 4 aromatic rings. The Morgan fingerprint density at radius 2 is 1.63 bits per heavy atom. The van der Waals surface area contributed by atoms with Crippen molar-refractivity contribution in [3.05, 3.63) is 99.0 Å². The second-order valence-corrected chi connectivity index (χ2v) is 12.1. The Balaban J connectivity index is 1.51. The molecule has 1 aliphatic rings. The number of fused-ring (bicyclic) bond motifs is 1. The van der Waals surface area contributed by atoms with Gasteiger partial charge in [-0.1, -0.05) is 42.5 Å². The number of carbonyl (C=O) groups is 1. The van der Waals surface area contributed by atoms with E-state index >= 15 is 0 Å². The van der Waals surface area contributed by atoms with Crippen molar-refractivity contribution >= 4 is 39.6 Å². The zero-order chi connectivity index (χ0) is 26.9. The summed E-state index contributed by atoms with van der Waals surface area (Å²) >= 11 is 2.51. The number of ether oxygens (including phenoxy) is 1. The van der Waals surface area contributed by atoms with Crippen LogP contribution in [0, 0.1) is 9.39 Å². The first-order valence-electron chi connectivity index (χ1n) is 13.3. The number of nitrogens with zero attached hydrogens (tertiary/aromatic N) is 2. The quantitative estimate of drug-likeness (QED) is 0.210. The molecule has 0 bridgehead atoms. The molecule has 2 heterocycles. The van der Waals surface area contributed by atoms with E-state index in [0.29, 0.717) is 13.1 Å². The third kappa shape index (κ3) is 5.75. The van der Waals surface area contributed by atoms with E-state index in [-0.39, 0.29) is 17.8 Å². The molecule has 4 nitrogen and oxygen atoms in total. The lowest BCUT2D eigenvalue weighted by molar-refractivity contribution is 0.0203. The van der Waals surface area contributed by atoms with E-state index < -0.39 is 5.60 Å². The number of aromatic nitrogens is 1. The van der Waals surface area contributed by atoms with Gasteiger partial charge in [-0.2, -0.15) is 0 Å². The summed E-state index contributed by atoms with van der Waals surface area (Å²) in [6.45, 7) is 7.01. The molecule has 0 aliphatic carbocycles. The average molecular weight is 625 g/mol. The molecule has 38 heavy (non-hydrogen) atoms. The minimum Gasteiger partial charge on any atom is -0.444 e. The summed E-state index contributed by atoms with van der Waals surface area (Å²) in [6.07, 6.45) is 3.38. The van der Waals surface area contributed by atoms with Gasteiger partial charge < -0.3 is 14.2 Å². The van der Waals surface area contributed by atoms with Crippen molar-refractivity contribution in [3.8, 4) is 5.69 Å². The predicted molar refractivity (Wildman–Crippen MR) is 160 cm³/mol. The Labute approximate surface area is 237 Å². The van der Waals surface area contributed by atoms with Crippen LogP contribution in [0.4, 0.5) is 9.18 Å². The van der Waals surface area contributed by atoms with Crippen LogP contribution in [0.3, 0.4) is 0 Å². The largest absolute Gasteiger partial charge is 0.444 e. The fourth-order valence-electron chi connectivity index (χ4n) is 5.41. The molecule has 1 fully saturated rings. The number of halogens is 2. The second-order valence-electron chi connectivity index (χ2n) is 11.0. The number of aryl methyl sites for hydroxylation is 2. The van der Waals surface area contributed by atoms with Gasteiger partial charge in [0.15, 0.2) is 0 Å². The van der Waals surface area contributed by atoms with E-state index in [1.54, 1.807) is 0 Å². The maximum Gasteiger partial charge on any atom is 0.410 e. The van der Waals surface area contributed by atoms with E-state index in [2.05, 4.69) is 75.7 Å². The summed E-state index contributed by atoms with van der Waals surface area (Å²) in [7, 11) is 0. The van der Waals surface area contributed by atoms with Gasteiger partial charge in [-0.05, 0) is 111 Å². The van der Waals surface area contributed by atoms with Crippen LogP contribution >= 0.6 is 22.6 Å². The Bertz CT molecular complexity index is 1420. The van der Waals surface area contributed by atoms with Gasteiger partial charge in [0.1, 0.15) is 11.4 Å². The molecule has 198 valence electrons. The van der Waals surface area contributed by atoms with Crippen molar-refractivity contribution in [1.29, 1.82) is 0 Å². The molecule has 1 saturated heterocycles. The number of amides is 1. The van der Waals surface area contributed by atoms with Crippen molar-refractivity contribution in [2.45, 2.75) is 58.0 Å². The number of benzene rings is 3. The van der Waals surface area contributed by atoms with Gasteiger partial charge in [0.05, 0.1) is 5.52 Å². The first-order chi connectivity index (χ1) is 18.2. The molecule has 0 spiro atoms. The first kappa shape index (κ1) is 26.7. The van der Waals surface area contributed by atoms with Crippen LogP contribution in [0.1, 0.15) is 56.4 Å². The minimum atomic E-state index is -0.505. The summed E-state index contributed by atoms with van der Waals surface area (Å²) in [5, 5.41) is 1.28. The minimum absolute atomic E-state index is 0.240. The molecule has 0 atom stereocenters. The average Bonchev–Trinajstić information content (AvgIpc) is 3.20. The number of hydrogen-bond donors (Lipinski definition) is 0. The molecular formula is C32H34FIN2O2. The number of carbonyl (C=O) groups excluding carboxylic acids is 1. The van der Waals surface area contributed by atoms with Gasteiger partial charge in [-0.3, -0.25) is 0 Å². The number of likely N-dealkylation sites (tertiary alicyclic amines) is 1. The van der Waals surface area contributed by atoms with Gasteiger partial charge in [-0.15, -0.1) is 0 Å². The molecule has 1 amide bonds. The van der Waals surface area contributed by atoms with Crippen LogP contribution < -0.4 is 0 Å².